The number of rotatable bonds is 8. The van der Waals surface area contributed by atoms with Crippen molar-refractivity contribution in [3.63, 3.8) is 0 Å². The topological polar surface area (TPSA) is 135 Å². The number of nitrogens with one attached hydrogen (secondary N) is 3. The fourth-order valence-corrected chi connectivity index (χ4v) is 2.94. The standard InChI is InChI=1S/C18H21N7O3/c26-18(14-7-9-19-10-8-14)24-23-17-15(25(27)28)16(21-12-22-17)20-11-6-13-4-2-1-3-5-13/h4,7-10,12H,1-3,5-6,11H2,(H,24,26)(H2,20,21,22,23). The molecule has 10 nitrogen and oxygen atoms in total. The maximum Gasteiger partial charge on any atom is 0.354 e. The number of hydrogen-bond acceptors (Lipinski definition) is 8. The van der Waals surface area contributed by atoms with Crippen LogP contribution < -0.4 is 16.2 Å². The van der Waals surface area contributed by atoms with Gasteiger partial charge in [0.2, 0.25) is 11.6 Å². The fraction of sp³-hybridized carbons (Fsp3) is 0.333. The highest BCUT2D eigenvalue weighted by molar-refractivity contribution is 5.94. The predicted octanol–water partition coefficient (Wildman–Crippen LogP) is 2.84. The van der Waals surface area contributed by atoms with Gasteiger partial charge in [-0.1, -0.05) is 11.6 Å². The van der Waals surface area contributed by atoms with Crippen molar-refractivity contribution >= 4 is 23.2 Å². The van der Waals surface area contributed by atoms with Crippen LogP contribution in [-0.2, 0) is 0 Å². The van der Waals surface area contributed by atoms with E-state index in [2.05, 4.69) is 37.2 Å². The van der Waals surface area contributed by atoms with Gasteiger partial charge in [-0.15, -0.1) is 0 Å². The lowest BCUT2D eigenvalue weighted by molar-refractivity contribution is -0.383. The second kappa shape index (κ2) is 9.40. The molecule has 1 aliphatic rings. The van der Waals surface area contributed by atoms with Gasteiger partial charge in [-0.3, -0.25) is 30.7 Å². The van der Waals surface area contributed by atoms with Gasteiger partial charge < -0.3 is 5.32 Å². The van der Waals surface area contributed by atoms with Crippen molar-refractivity contribution in [1.82, 2.24) is 20.4 Å². The number of pyridine rings is 1. The van der Waals surface area contributed by atoms with Gasteiger partial charge in [-0.05, 0) is 44.2 Å². The summed E-state index contributed by atoms with van der Waals surface area (Å²) in [6, 6.07) is 3.05. The van der Waals surface area contributed by atoms with Gasteiger partial charge in [0.05, 0.1) is 4.92 Å². The molecule has 0 saturated heterocycles. The SMILES string of the molecule is O=C(NNc1ncnc(NCCC2=CCCCC2)c1[N+](=O)[O-])c1ccncc1. The number of aromatic nitrogens is 3. The van der Waals surface area contributed by atoms with Crippen LogP contribution in [0.2, 0.25) is 0 Å². The third-order valence-electron chi connectivity index (χ3n) is 4.37. The maximum atomic E-state index is 12.1. The summed E-state index contributed by atoms with van der Waals surface area (Å²) in [6.45, 7) is 0.534. The Morgan fingerprint density at radius 1 is 1.18 bits per heavy atom. The van der Waals surface area contributed by atoms with E-state index in [0.29, 0.717) is 12.1 Å². The number of amides is 1. The zero-order valence-electron chi connectivity index (χ0n) is 15.2. The van der Waals surface area contributed by atoms with Crippen molar-refractivity contribution in [2.24, 2.45) is 0 Å². The Balaban J connectivity index is 1.66. The Kier molecular flexibility index (Phi) is 6.45. The highest BCUT2D eigenvalue weighted by Crippen LogP contribution is 2.28. The minimum atomic E-state index is -0.580. The fourth-order valence-electron chi connectivity index (χ4n) is 2.94. The second-order valence-electron chi connectivity index (χ2n) is 6.28. The molecule has 1 amide bonds. The number of carbonyl (C=O) groups is 1. The van der Waals surface area contributed by atoms with Crippen molar-refractivity contribution in [2.45, 2.75) is 32.1 Å². The molecule has 146 valence electrons. The van der Waals surface area contributed by atoms with Gasteiger partial charge in [-0.25, -0.2) is 9.97 Å². The van der Waals surface area contributed by atoms with Gasteiger partial charge in [0.1, 0.15) is 6.33 Å². The van der Waals surface area contributed by atoms with E-state index in [9.17, 15) is 14.9 Å². The van der Waals surface area contributed by atoms with Crippen LogP contribution in [0.3, 0.4) is 0 Å². The highest BCUT2D eigenvalue weighted by Gasteiger charge is 2.23. The molecule has 0 unspecified atom stereocenters. The van der Waals surface area contributed by atoms with E-state index in [4.69, 9.17) is 0 Å². The largest absolute Gasteiger partial charge is 0.364 e. The first-order valence-electron chi connectivity index (χ1n) is 9.02. The Bertz CT molecular complexity index is 871. The number of nitro groups is 1. The molecular weight excluding hydrogens is 362 g/mol. The Morgan fingerprint density at radius 2 is 1.96 bits per heavy atom. The Morgan fingerprint density at radius 3 is 2.68 bits per heavy atom. The minimum absolute atomic E-state index is 0.0956. The van der Waals surface area contributed by atoms with E-state index in [1.807, 2.05) is 0 Å². The van der Waals surface area contributed by atoms with E-state index in [1.165, 1.54) is 49.3 Å². The van der Waals surface area contributed by atoms with Gasteiger partial charge in [-0.2, -0.15) is 0 Å². The quantitative estimate of drug-likeness (QED) is 0.360. The molecule has 2 aromatic rings. The van der Waals surface area contributed by atoms with Crippen LogP contribution in [-0.4, -0.2) is 32.3 Å². The number of anilines is 2. The smallest absolute Gasteiger partial charge is 0.354 e. The number of nitrogens with zero attached hydrogens (tertiary/aromatic N) is 4. The molecule has 28 heavy (non-hydrogen) atoms. The lowest BCUT2D eigenvalue weighted by Gasteiger charge is -2.14. The molecule has 10 heteroatoms. The van der Waals surface area contributed by atoms with E-state index in [0.717, 1.165) is 19.3 Å². The minimum Gasteiger partial charge on any atom is -0.364 e. The van der Waals surface area contributed by atoms with Crippen LogP contribution in [0.25, 0.3) is 0 Å². The maximum absolute atomic E-state index is 12.1. The molecule has 3 rings (SSSR count). The first kappa shape index (κ1) is 19.2. The summed E-state index contributed by atoms with van der Waals surface area (Å²) in [6.07, 6.45) is 11.8. The van der Waals surface area contributed by atoms with Crippen molar-refractivity contribution in [3.8, 4) is 0 Å². The first-order valence-corrected chi connectivity index (χ1v) is 9.02. The molecule has 3 N–H and O–H groups in total. The summed E-state index contributed by atoms with van der Waals surface area (Å²) in [5.41, 5.74) is 6.30. The van der Waals surface area contributed by atoms with Gasteiger partial charge >= 0.3 is 5.69 Å². The average Bonchev–Trinajstić information content (AvgIpc) is 2.73. The molecule has 0 atom stereocenters. The van der Waals surface area contributed by atoms with Gasteiger partial charge in [0, 0.05) is 24.5 Å². The Labute approximate surface area is 161 Å². The second-order valence-corrected chi connectivity index (χ2v) is 6.28. The molecule has 0 bridgehead atoms. The zero-order valence-corrected chi connectivity index (χ0v) is 15.2. The number of hydrogen-bond donors (Lipinski definition) is 3. The van der Waals surface area contributed by atoms with E-state index in [1.54, 1.807) is 0 Å². The molecule has 0 fully saturated rings. The molecule has 0 spiro atoms. The highest BCUT2D eigenvalue weighted by atomic mass is 16.6. The van der Waals surface area contributed by atoms with Crippen molar-refractivity contribution in [3.05, 3.63) is 58.2 Å². The molecule has 0 aromatic carbocycles. The van der Waals surface area contributed by atoms with E-state index < -0.39 is 10.8 Å². The average molecular weight is 383 g/mol. The van der Waals surface area contributed by atoms with Gasteiger partial charge in [0.15, 0.2) is 0 Å². The van der Waals surface area contributed by atoms with E-state index >= 15 is 0 Å². The lowest BCUT2D eigenvalue weighted by Crippen LogP contribution is -2.30. The molecule has 0 aliphatic heterocycles. The summed E-state index contributed by atoms with van der Waals surface area (Å²) >= 11 is 0. The van der Waals surface area contributed by atoms with Crippen LogP contribution in [0, 0.1) is 10.1 Å². The van der Waals surface area contributed by atoms with Crippen molar-refractivity contribution in [1.29, 1.82) is 0 Å². The van der Waals surface area contributed by atoms with Crippen molar-refractivity contribution < 1.29 is 9.72 Å². The molecule has 2 aromatic heterocycles. The van der Waals surface area contributed by atoms with Crippen LogP contribution in [0.5, 0.6) is 0 Å². The monoisotopic (exact) mass is 383 g/mol. The third-order valence-corrected chi connectivity index (χ3v) is 4.37. The number of allylic oxidation sites excluding steroid dienone is 1. The first-order chi connectivity index (χ1) is 13.6. The lowest BCUT2D eigenvalue weighted by atomic mass is 9.97. The van der Waals surface area contributed by atoms with Crippen LogP contribution in [0.4, 0.5) is 17.3 Å². The number of carbonyl (C=O) groups excluding carboxylic acids is 1. The predicted molar refractivity (Wildman–Crippen MR) is 104 cm³/mol. The van der Waals surface area contributed by atoms with E-state index in [-0.39, 0.29) is 17.3 Å². The molecule has 0 radical (unpaired) electrons. The molecular formula is C18H21N7O3. The van der Waals surface area contributed by atoms with Crippen LogP contribution in [0.15, 0.2) is 42.5 Å². The third kappa shape index (κ3) is 5.00. The summed E-state index contributed by atoms with van der Waals surface area (Å²) in [7, 11) is 0. The van der Waals surface area contributed by atoms with Crippen molar-refractivity contribution in [2.75, 3.05) is 17.3 Å². The molecule has 1 aliphatic carbocycles. The summed E-state index contributed by atoms with van der Waals surface area (Å²) in [5, 5.41) is 14.5. The summed E-state index contributed by atoms with van der Waals surface area (Å²) in [4.78, 5) is 34.8. The summed E-state index contributed by atoms with van der Waals surface area (Å²) < 4.78 is 0. The van der Waals surface area contributed by atoms with Crippen LogP contribution in [0.1, 0.15) is 42.5 Å². The number of hydrazine groups is 1. The summed E-state index contributed by atoms with van der Waals surface area (Å²) in [5.74, 6) is -0.451. The zero-order chi connectivity index (χ0) is 19.8. The molecule has 0 saturated carbocycles. The van der Waals surface area contributed by atoms with Gasteiger partial charge in [0.25, 0.3) is 5.91 Å². The Hall–Kier alpha value is -3.56. The molecule has 2 heterocycles. The van der Waals surface area contributed by atoms with Crippen LogP contribution >= 0.6 is 0 Å². The normalized spacial score (nSPS) is 13.4.